The molecule has 2 nitrogen and oxygen atoms in total. The summed E-state index contributed by atoms with van der Waals surface area (Å²) in [5.74, 6) is 0. The molecule has 1 aliphatic heterocycles. The van der Waals surface area contributed by atoms with Crippen molar-refractivity contribution in [2.24, 2.45) is 0 Å². The Morgan fingerprint density at radius 2 is 2.06 bits per heavy atom. The van der Waals surface area contributed by atoms with Gasteiger partial charge in [-0.2, -0.15) is 0 Å². The van der Waals surface area contributed by atoms with Gasteiger partial charge in [-0.25, -0.2) is 0 Å². The summed E-state index contributed by atoms with van der Waals surface area (Å²) in [4.78, 5) is 2.40. The van der Waals surface area contributed by atoms with E-state index in [1.54, 1.807) is 0 Å². The van der Waals surface area contributed by atoms with Crippen LogP contribution < -0.4 is 10.2 Å². The molecule has 1 aliphatic rings. The van der Waals surface area contributed by atoms with E-state index in [-0.39, 0.29) is 5.54 Å². The van der Waals surface area contributed by atoms with Gasteiger partial charge in [0.25, 0.3) is 0 Å². The third-order valence-corrected chi connectivity index (χ3v) is 3.27. The van der Waals surface area contributed by atoms with Gasteiger partial charge in [-0.15, -0.1) is 0 Å². The van der Waals surface area contributed by atoms with Crippen LogP contribution in [0.2, 0.25) is 5.02 Å². The third kappa shape index (κ3) is 1.99. The highest BCUT2D eigenvalue weighted by Crippen LogP contribution is 2.40. The molecule has 0 amide bonds. The molecule has 0 saturated carbocycles. The van der Waals surface area contributed by atoms with E-state index in [0.717, 1.165) is 17.3 Å². The Balaban J connectivity index is 2.51. The van der Waals surface area contributed by atoms with Crippen LogP contribution in [0.4, 0.5) is 11.4 Å². The number of hydrogen-bond acceptors (Lipinski definition) is 2. The maximum absolute atomic E-state index is 6.25. The molecule has 0 spiro atoms. The quantitative estimate of drug-likeness (QED) is 0.802. The van der Waals surface area contributed by atoms with Crippen LogP contribution in [0.5, 0.6) is 0 Å². The number of benzene rings is 1. The SMILES string of the molecule is CC(C)N1CC(C)(C)Nc2c(Cl)cccc21. The van der Waals surface area contributed by atoms with Crippen LogP contribution in [0.1, 0.15) is 27.7 Å². The zero-order valence-corrected chi connectivity index (χ0v) is 11.1. The maximum Gasteiger partial charge on any atom is 0.0772 e. The summed E-state index contributed by atoms with van der Waals surface area (Å²) < 4.78 is 0. The lowest BCUT2D eigenvalue weighted by molar-refractivity contribution is 0.507. The molecular weight excluding hydrogens is 220 g/mol. The van der Waals surface area contributed by atoms with Crippen molar-refractivity contribution in [2.75, 3.05) is 16.8 Å². The molecule has 0 radical (unpaired) electrons. The average Bonchev–Trinajstić information content (AvgIpc) is 2.17. The smallest absolute Gasteiger partial charge is 0.0772 e. The molecular formula is C13H19ClN2. The fourth-order valence-electron chi connectivity index (χ4n) is 2.23. The Hall–Kier alpha value is -0.890. The summed E-state index contributed by atoms with van der Waals surface area (Å²) >= 11 is 6.25. The summed E-state index contributed by atoms with van der Waals surface area (Å²) in [6.07, 6.45) is 0. The first-order valence-corrected chi connectivity index (χ1v) is 6.12. The second-order valence-electron chi connectivity index (χ2n) is 5.36. The van der Waals surface area contributed by atoms with Crippen LogP contribution in [-0.2, 0) is 0 Å². The minimum Gasteiger partial charge on any atom is -0.375 e. The van der Waals surface area contributed by atoms with Crippen molar-refractivity contribution in [3.8, 4) is 0 Å². The third-order valence-electron chi connectivity index (χ3n) is 2.95. The van der Waals surface area contributed by atoms with Crippen LogP contribution in [0.3, 0.4) is 0 Å². The van der Waals surface area contributed by atoms with Gasteiger partial charge < -0.3 is 10.2 Å². The molecule has 0 atom stereocenters. The van der Waals surface area contributed by atoms with E-state index in [2.05, 4.69) is 44.0 Å². The zero-order chi connectivity index (χ0) is 11.9. The van der Waals surface area contributed by atoms with Crippen molar-refractivity contribution in [2.45, 2.75) is 39.3 Å². The molecule has 0 aliphatic carbocycles. The number of para-hydroxylation sites is 1. The van der Waals surface area contributed by atoms with E-state index in [9.17, 15) is 0 Å². The second-order valence-corrected chi connectivity index (χ2v) is 5.77. The molecule has 2 rings (SSSR count). The molecule has 0 aromatic heterocycles. The van der Waals surface area contributed by atoms with Crippen LogP contribution in [0.25, 0.3) is 0 Å². The second kappa shape index (κ2) is 3.85. The molecule has 0 bridgehead atoms. The van der Waals surface area contributed by atoms with Crippen LogP contribution >= 0.6 is 11.6 Å². The Bertz CT molecular complexity index is 399. The average molecular weight is 239 g/mol. The Morgan fingerprint density at radius 1 is 1.38 bits per heavy atom. The van der Waals surface area contributed by atoms with Gasteiger partial charge in [0.2, 0.25) is 0 Å². The van der Waals surface area contributed by atoms with E-state index in [0.29, 0.717) is 6.04 Å². The van der Waals surface area contributed by atoms with Crippen molar-refractivity contribution in [3.05, 3.63) is 23.2 Å². The summed E-state index contributed by atoms with van der Waals surface area (Å²) in [6.45, 7) is 9.83. The van der Waals surface area contributed by atoms with Crippen LogP contribution in [0.15, 0.2) is 18.2 Å². The van der Waals surface area contributed by atoms with Gasteiger partial charge in [0.1, 0.15) is 0 Å². The first-order chi connectivity index (χ1) is 7.41. The number of fused-ring (bicyclic) bond motifs is 1. The summed E-state index contributed by atoms with van der Waals surface area (Å²) in [6, 6.07) is 6.56. The van der Waals surface area contributed by atoms with Gasteiger partial charge in [-0.05, 0) is 39.8 Å². The van der Waals surface area contributed by atoms with Gasteiger partial charge in [0.15, 0.2) is 0 Å². The standard InChI is InChI=1S/C13H19ClN2/c1-9(2)16-8-13(3,4)15-12-10(14)6-5-7-11(12)16/h5-7,9,15H,8H2,1-4H3. The largest absolute Gasteiger partial charge is 0.375 e. The lowest BCUT2D eigenvalue weighted by Gasteiger charge is -2.44. The Labute approximate surface area is 103 Å². The highest BCUT2D eigenvalue weighted by molar-refractivity contribution is 6.34. The van der Waals surface area contributed by atoms with E-state index >= 15 is 0 Å². The fraction of sp³-hybridized carbons (Fsp3) is 0.538. The van der Waals surface area contributed by atoms with Crippen LogP contribution in [0, 0.1) is 0 Å². The predicted octanol–water partition coefficient (Wildman–Crippen LogP) is 3.76. The lowest BCUT2D eigenvalue weighted by atomic mass is 9.98. The molecule has 1 heterocycles. The highest BCUT2D eigenvalue weighted by atomic mass is 35.5. The van der Waals surface area contributed by atoms with Gasteiger partial charge in [0, 0.05) is 18.1 Å². The molecule has 1 aromatic carbocycles. The molecule has 0 unspecified atom stereocenters. The fourth-order valence-corrected chi connectivity index (χ4v) is 2.44. The predicted molar refractivity (Wildman–Crippen MR) is 71.6 cm³/mol. The first kappa shape index (κ1) is 11.6. The maximum atomic E-state index is 6.25. The summed E-state index contributed by atoms with van der Waals surface area (Å²) in [5, 5.41) is 4.32. The van der Waals surface area contributed by atoms with Crippen molar-refractivity contribution in [1.82, 2.24) is 0 Å². The molecule has 88 valence electrons. The highest BCUT2D eigenvalue weighted by Gasteiger charge is 2.31. The van der Waals surface area contributed by atoms with Gasteiger partial charge in [-0.1, -0.05) is 17.7 Å². The molecule has 0 fully saturated rings. The zero-order valence-electron chi connectivity index (χ0n) is 10.3. The minimum atomic E-state index is 0.0578. The molecule has 1 N–H and O–H groups in total. The van der Waals surface area contributed by atoms with Crippen molar-refractivity contribution >= 4 is 23.0 Å². The molecule has 3 heteroatoms. The molecule has 16 heavy (non-hydrogen) atoms. The number of halogens is 1. The van der Waals surface area contributed by atoms with Gasteiger partial charge >= 0.3 is 0 Å². The Kier molecular flexibility index (Phi) is 2.79. The lowest BCUT2D eigenvalue weighted by Crippen LogP contribution is -2.51. The first-order valence-electron chi connectivity index (χ1n) is 5.74. The summed E-state index contributed by atoms with van der Waals surface area (Å²) in [5.41, 5.74) is 2.33. The van der Waals surface area contributed by atoms with Crippen molar-refractivity contribution < 1.29 is 0 Å². The number of nitrogens with zero attached hydrogens (tertiary/aromatic N) is 1. The van der Waals surface area contributed by atoms with Crippen molar-refractivity contribution in [3.63, 3.8) is 0 Å². The topological polar surface area (TPSA) is 15.3 Å². The monoisotopic (exact) mass is 238 g/mol. The minimum absolute atomic E-state index is 0.0578. The number of hydrogen-bond donors (Lipinski definition) is 1. The molecule has 1 aromatic rings. The van der Waals surface area contributed by atoms with Gasteiger partial charge in [0.05, 0.1) is 16.4 Å². The Morgan fingerprint density at radius 3 is 2.69 bits per heavy atom. The van der Waals surface area contributed by atoms with Crippen molar-refractivity contribution in [1.29, 1.82) is 0 Å². The van der Waals surface area contributed by atoms with E-state index in [1.807, 2.05) is 12.1 Å². The van der Waals surface area contributed by atoms with Crippen LogP contribution in [-0.4, -0.2) is 18.1 Å². The van der Waals surface area contributed by atoms with E-state index < -0.39 is 0 Å². The van der Waals surface area contributed by atoms with E-state index in [4.69, 9.17) is 11.6 Å². The summed E-state index contributed by atoms with van der Waals surface area (Å²) in [7, 11) is 0. The normalized spacial score (nSPS) is 18.2. The number of rotatable bonds is 1. The van der Waals surface area contributed by atoms with Gasteiger partial charge in [-0.3, -0.25) is 0 Å². The number of nitrogens with one attached hydrogen (secondary N) is 1. The number of anilines is 2. The van der Waals surface area contributed by atoms with E-state index in [1.165, 1.54) is 5.69 Å². The molecule has 0 saturated heterocycles.